The molecule has 0 saturated carbocycles. The van der Waals surface area contributed by atoms with Crippen molar-refractivity contribution in [3.05, 3.63) is 60.1 Å². The Morgan fingerprint density at radius 3 is 2.83 bits per heavy atom. The van der Waals surface area contributed by atoms with Gasteiger partial charge in [-0.15, -0.1) is 0 Å². The second-order valence-electron chi connectivity index (χ2n) is 4.34. The number of fused-ring (bicyclic) bond motifs is 1. The Balaban J connectivity index is 1.92. The number of anilines is 1. The first-order chi connectivity index (χ1) is 8.86. The van der Waals surface area contributed by atoms with Crippen LogP contribution in [0.3, 0.4) is 0 Å². The number of ether oxygens (including phenoxy) is 1. The smallest absolute Gasteiger partial charge is 0.313 e. The quantitative estimate of drug-likeness (QED) is 0.807. The molecule has 0 bridgehead atoms. The van der Waals surface area contributed by atoms with E-state index < -0.39 is 0 Å². The summed E-state index contributed by atoms with van der Waals surface area (Å²) in [5, 5.41) is 3.52. The Kier molecular flexibility index (Phi) is 2.81. The minimum atomic E-state index is 0.204. The Labute approximate surface area is 107 Å². The van der Waals surface area contributed by atoms with Crippen molar-refractivity contribution >= 4 is 24.1 Å². The Hall–Kier alpha value is -2.16. The van der Waals surface area contributed by atoms with Crippen molar-refractivity contribution in [2.75, 3.05) is 12.3 Å². The molecule has 0 aromatic heterocycles. The lowest BCUT2D eigenvalue weighted by molar-refractivity contribution is 0.415. The Morgan fingerprint density at radius 2 is 1.94 bits per heavy atom. The van der Waals surface area contributed by atoms with E-state index >= 15 is 0 Å². The maximum atomic E-state index is 5.26. The minimum Gasteiger partial charge on any atom is -0.497 e. The summed E-state index contributed by atoms with van der Waals surface area (Å²) in [6.07, 6.45) is 2.16. The lowest BCUT2D eigenvalue weighted by Gasteiger charge is -2.20. The highest BCUT2D eigenvalue weighted by Gasteiger charge is 2.18. The van der Waals surface area contributed by atoms with Crippen molar-refractivity contribution in [3.63, 3.8) is 0 Å². The fourth-order valence-corrected chi connectivity index (χ4v) is 2.22. The molecule has 0 amide bonds. The molecular formula is C15H14BNO. The first-order valence-electron chi connectivity index (χ1n) is 6.04. The highest BCUT2D eigenvalue weighted by molar-refractivity contribution is 6.81. The van der Waals surface area contributed by atoms with Gasteiger partial charge in [-0.3, -0.25) is 0 Å². The summed E-state index contributed by atoms with van der Waals surface area (Å²) in [7, 11) is 1.69. The largest absolute Gasteiger partial charge is 0.497 e. The van der Waals surface area contributed by atoms with Crippen molar-refractivity contribution in [2.45, 2.75) is 0 Å². The molecule has 3 heteroatoms. The number of benzene rings is 2. The molecule has 0 unspecified atom stereocenters. The fourth-order valence-electron chi connectivity index (χ4n) is 2.22. The van der Waals surface area contributed by atoms with E-state index in [9.17, 15) is 0 Å². The van der Waals surface area contributed by atoms with E-state index in [2.05, 4.69) is 47.6 Å². The van der Waals surface area contributed by atoms with Crippen LogP contribution in [-0.2, 0) is 0 Å². The zero-order valence-electron chi connectivity index (χ0n) is 10.3. The van der Waals surface area contributed by atoms with Crippen LogP contribution >= 0.6 is 0 Å². The van der Waals surface area contributed by atoms with Crippen LogP contribution in [0, 0.1) is 0 Å². The zero-order valence-corrected chi connectivity index (χ0v) is 10.3. The fraction of sp³-hybridized carbons (Fsp3) is 0.0667. The number of hydrogen-bond acceptors (Lipinski definition) is 2. The number of rotatable bonds is 2. The monoisotopic (exact) mass is 235 g/mol. The van der Waals surface area contributed by atoms with Crippen LogP contribution in [0.2, 0.25) is 0 Å². The summed E-state index contributed by atoms with van der Waals surface area (Å²) >= 11 is 0. The van der Waals surface area contributed by atoms with Crippen molar-refractivity contribution in [2.24, 2.45) is 0 Å². The summed E-state index contributed by atoms with van der Waals surface area (Å²) < 4.78 is 5.26. The molecule has 3 rings (SSSR count). The third kappa shape index (κ3) is 1.99. The maximum absolute atomic E-state index is 5.26. The van der Waals surface area contributed by atoms with Gasteiger partial charge in [0, 0.05) is 5.69 Å². The molecule has 18 heavy (non-hydrogen) atoms. The van der Waals surface area contributed by atoms with Gasteiger partial charge in [-0.2, -0.15) is 0 Å². The highest BCUT2D eigenvalue weighted by Crippen LogP contribution is 2.21. The van der Waals surface area contributed by atoms with E-state index in [-0.39, 0.29) is 6.85 Å². The molecule has 0 spiro atoms. The van der Waals surface area contributed by atoms with Crippen LogP contribution in [0.25, 0.3) is 6.08 Å². The number of hydrogen-bond donors (Lipinski definition) is 1. The van der Waals surface area contributed by atoms with Crippen LogP contribution in [0.5, 0.6) is 5.75 Å². The van der Waals surface area contributed by atoms with Gasteiger partial charge in [0.1, 0.15) is 5.75 Å². The van der Waals surface area contributed by atoms with Gasteiger partial charge >= 0.3 is 6.85 Å². The molecule has 2 aromatic rings. The number of nitrogens with one attached hydrogen (secondary N) is 1. The second kappa shape index (κ2) is 4.61. The van der Waals surface area contributed by atoms with Gasteiger partial charge in [-0.1, -0.05) is 42.4 Å². The normalized spacial score (nSPS) is 12.8. The van der Waals surface area contributed by atoms with Crippen LogP contribution in [0.15, 0.2) is 54.5 Å². The SMILES string of the molecule is COc1cccc(B2C=Cc3ccccc3N2)c1. The van der Waals surface area contributed by atoms with Crippen LogP contribution in [0.1, 0.15) is 5.56 Å². The van der Waals surface area contributed by atoms with Gasteiger partial charge in [0.05, 0.1) is 7.11 Å². The van der Waals surface area contributed by atoms with Gasteiger partial charge in [-0.05, 0) is 29.2 Å². The van der Waals surface area contributed by atoms with Crippen molar-refractivity contribution in [1.82, 2.24) is 0 Å². The Morgan fingerprint density at radius 1 is 1.06 bits per heavy atom. The molecule has 0 aliphatic carbocycles. The summed E-state index contributed by atoms with van der Waals surface area (Å²) in [5.74, 6) is 3.07. The molecule has 1 aliphatic rings. The van der Waals surface area contributed by atoms with E-state index in [1.807, 2.05) is 18.2 Å². The summed E-state index contributed by atoms with van der Waals surface area (Å²) in [6.45, 7) is 0.204. The molecule has 1 N–H and O–H groups in total. The molecule has 1 aliphatic heterocycles. The first-order valence-corrected chi connectivity index (χ1v) is 6.04. The molecule has 0 atom stereocenters. The van der Waals surface area contributed by atoms with Gasteiger partial charge in [-0.25, -0.2) is 0 Å². The number of methoxy groups -OCH3 is 1. The van der Waals surface area contributed by atoms with Crippen LogP contribution in [0.4, 0.5) is 5.69 Å². The predicted octanol–water partition coefficient (Wildman–Crippen LogP) is 2.57. The average molecular weight is 235 g/mol. The van der Waals surface area contributed by atoms with E-state index in [1.54, 1.807) is 7.11 Å². The molecule has 0 saturated heterocycles. The van der Waals surface area contributed by atoms with E-state index in [1.165, 1.54) is 16.7 Å². The highest BCUT2D eigenvalue weighted by atomic mass is 16.5. The van der Waals surface area contributed by atoms with E-state index in [4.69, 9.17) is 4.74 Å². The average Bonchev–Trinajstić information content (AvgIpc) is 2.47. The summed E-state index contributed by atoms with van der Waals surface area (Å²) in [5.41, 5.74) is 3.62. The molecule has 1 heterocycles. The third-order valence-electron chi connectivity index (χ3n) is 3.19. The third-order valence-corrected chi connectivity index (χ3v) is 3.19. The number of para-hydroxylation sites is 1. The molecular weight excluding hydrogens is 221 g/mol. The Bertz CT molecular complexity index is 595. The van der Waals surface area contributed by atoms with E-state index in [0.717, 1.165) is 5.75 Å². The van der Waals surface area contributed by atoms with Gasteiger partial charge in [0.15, 0.2) is 0 Å². The standard InChI is InChI=1S/C15H14BNO/c1-18-14-7-4-6-13(11-14)16-10-9-12-5-2-3-8-15(12)17-16/h2-11,17H,1H3. The van der Waals surface area contributed by atoms with Crippen LogP contribution in [-0.4, -0.2) is 14.0 Å². The van der Waals surface area contributed by atoms with Gasteiger partial charge in [0.25, 0.3) is 0 Å². The second-order valence-corrected chi connectivity index (χ2v) is 4.34. The van der Waals surface area contributed by atoms with Crippen molar-refractivity contribution < 1.29 is 4.74 Å². The minimum absolute atomic E-state index is 0.204. The van der Waals surface area contributed by atoms with Gasteiger partial charge in [0.2, 0.25) is 0 Å². The van der Waals surface area contributed by atoms with Crippen molar-refractivity contribution in [1.29, 1.82) is 0 Å². The molecule has 0 fully saturated rings. The molecule has 2 aromatic carbocycles. The molecule has 2 nitrogen and oxygen atoms in total. The maximum Gasteiger partial charge on any atom is 0.313 e. The first kappa shape index (κ1) is 11.0. The lowest BCUT2D eigenvalue weighted by atomic mass is 9.54. The predicted molar refractivity (Wildman–Crippen MR) is 77.5 cm³/mol. The molecule has 88 valence electrons. The van der Waals surface area contributed by atoms with Crippen LogP contribution < -0.4 is 15.4 Å². The lowest BCUT2D eigenvalue weighted by Crippen LogP contribution is -2.38. The summed E-state index contributed by atoms with van der Waals surface area (Å²) in [6, 6.07) is 16.5. The topological polar surface area (TPSA) is 21.3 Å². The zero-order chi connectivity index (χ0) is 12.4. The van der Waals surface area contributed by atoms with E-state index in [0.29, 0.717) is 0 Å². The molecule has 0 radical (unpaired) electrons. The summed E-state index contributed by atoms with van der Waals surface area (Å²) in [4.78, 5) is 0. The van der Waals surface area contributed by atoms with Gasteiger partial charge < -0.3 is 9.96 Å². The van der Waals surface area contributed by atoms with Crippen molar-refractivity contribution in [3.8, 4) is 5.75 Å².